The Hall–Kier alpha value is -1.57. The van der Waals surface area contributed by atoms with Crippen molar-refractivity contribution in [3.63, 3.8) is 0 Å². The zero-order valence-electron chi connectivity index (χ0n) is 7.90. The fourth-order valence-electron chi connectivity index (χ4n) is 1.13. The number of carbonyl (C=O) groups excluding carboxylic acids is 2. The highest BCUT2D eigenvalue weighted by Crippen LogP contribution is 2.26. The van der Waals surface area contributed by atoms with Gasteiger partial charge in [-0.05, 0) is 6.08 Å². The Kier molecular flexibility index (Phi) is 4.10. The molecule has 4 heteroatoms. The summed E-state index contributed by atoms with van der Waals surface area (Å²) in [7, 11) is 0. The Balaban J connectivity index is 2.83. The van der Waals surface area contributed by atoms with E-state index in [-0.39, 0.29) is 17.2 Å². The molecule has 0 aromatic carbocycles. The van der Waals surface area contributed by atoms with Crippen LogP contribution in [0.25, 0.3) is 0 Å². The second-order valence-corrected chi connectivity index (χ2v) is 3.22. The molecule has 0 aliphatic heterocycles. The minimum Gasteiger partial charge on any atom is -0.461 e. The molecule has 0 aromatic heterocycles. The number of ether oxygens (including phenoxy) is 1. The lowest BCUT2D eigenvalue weighted by atomic mass is 9.96. The lowest BCUT2D eigenvalue weighted by Crippen LogP contribution is -2.20. The predicted molar refractivity (Wildman–Crippen MR) is 56.9 cm³/mol. The topological polar surface area (TPSA) is 43.4 Å². The summed E-state index contributed by atoms with van der Waals surface area (Å²) in [5.74, 6) is 0.354. The maximum absolute atomic E-state index is 11.5. The normalized spacial score (nSPS) is 19.1. The Morgan fingerprint density at radius 1 is 1.73 bits per heavy atom. The van der Waals surface area contributed by atoms with Crippen LogP contribution in [-0.4, -0.2) is 18.5 Å². The third-order valence-electron chi connectivity index (χ3n) is 1.82. The van der Waals surface area contributed by atoms with Crippen LogP contribution in [0, 0.1) is 5.92 Å². The Bertz CT molecular complexity index is 387. The molecule has 0 saturated carbocycles. The first-order valence-electron chi connectivity index (χ1n) is 4.27. The van der Waals surface area contributed by atoms with E-state index in [0.29, 0.717) is 0 Å². The summed E-state index contributed by atoms with van der Waals surface area (Å²) in [5.41, 5.74) is 0.105. The zero-order chi connectivity index (χ0) is 11.3. The van der Waals surface area contributed by atoms with E-state index in [9.17, 15) is 9.59 Å². The SMILES string of the molecule is C=CCOC(=O)C1C=CC=C(Cl)C1=C=O. The fourth-order valence-corrected chi connectivity index (χ4v) is 1.35. The van der Waals surface area contributed by atoms with Crippen molar-refractivity contribution in [2.45, 2.75) is 0 Å². The van der Waals surface area contributed by atoms with Crippen molar-refractivity contribution in [1.82, 2.24) is 0 Å². The molecule has 0 amide bonds. The van der Waals surface area contributed by atoms with Crippen molar-refractivity contribution >= 4 is 23.5 Å². The van der Waals surface area contributed by atoms with Gasteiger partial charge in [0.2, 0.25) is 0 Å². The van der Waals surface area contributed by atoms with Gasteiger partial charge in [0.1, 0.15) is 18.5 Å². The van der Waals surface area contributed by atoms with E-state index < -0.39 is 11.9 Å². The highest BCUT2D eigenvalue weighted by molar-refractivity contribution is 6.33. The van der Waals surface area contributed by atoms with Crippen LogP contribution in [0.2, 0.25) is 0 Å². The van der Waals surface area contributed by atoms with Gasteiger partial charge in [0.25, 0.3) is 0 Å². The molecule has 0 aromatic rings. The molecule has 0 N–H and O–H groups in total. The molecular weight excluding hydrogens is 216 g/mol. The summed E-state index contributed by atoms with van der Waals surface area (Å²) < 4.78 is 4.82. The molecule has 78 valence electrons. The van der Waals surface area contributed by atoms with E-state index in [0.717, 1.165) is 0 Å². The highest BCUT2D eigenvalue weighted by Gasteiger charge is 2.26. The zero-order valence-corrected chi connectivity index (χ0v) is 8.66. The van der Waals surface area contributed by atoms with Crippen LogP contribution in [0.1, 0.15) is 0 Å². The lowest BCUT2D eigenvalue weighted by Gasteiger charge is -2.14. The van der Waals surface area contributed by atoms with Crippen molar-refractivity contribution in [2.75, 3.05) is 6.61 Å². The second-order valence-electron chi connectivity index (χ2n) is 2.81. The third kappa shape index (κ3) is 2.69. The van der Waals surface area contributed by atoms with Crippen LogP contribution in [0.5, 0.6) is 0 Å². The Morgan fingerprint density at radius 2 is 2.47 bits per heavy atom. The minimum atomic E-state index is -0.764. The number of carbonyl (C=O) groups is 1. The van der Waals surface area contributed by atoms with Gasteiger partial charge < -0.3 is 4.74 Å². The molecular formula is C11H9ClO3. The molecule has 15 heavy (non-hydrogen) atoms. The standard InChI is InChI=1S/C11H9ClO3/c1-2-6-15-11(14)8-4-3-5-10(12)9(8)7-13/h2-5,8H,1,6H2. The minimum absolute atomic E-state index is 0.105. The molecule has 1 aliphatic carbocycles. The van der Waals surface area contributed by atoms with Crippen molar-refractivity contribution in [2.24, 2.45) is 5.92 Å². The van der Waals surface area contributed by atoms with Crippen LogP contribution >= 0.6 is 11.6 Å². The van der Waals surface area contributed by atoms with Gasteiger partial charge in [-0.15, -0.1) is 0 Å². The van der Waals surface area contributed by atoms with Crippen LogP contribution < -0.4 is 0 Å². The van der Waals surface area contributed by atoms with Crippen LogP contribution in [0.3, 0.4) is 0 Å². The van der Waals surface area contributed by atoms with Crippen molar-refractivity contribution in [3.8, 4) is 0 Å². The van der Waals surface area contributed by atoms with E-state index in [1.54, 1.807) is 12.0 Å². The first-order valence-corrected chi connectivity index (χ1v) is 4.65. The van der Waals surface area contributed by atoms with E-state index in [4.69, 9.17) is 16.3 Å². The van der Waals surface area contributed by atoms with Gasteiger partial charge in [0, 0.05) is 0 Å². The number of rotatable bonds is 3. The number of halogens is 1. The summed E-state index contributed by atoms with van der Waals surface area (Å²) in [6.45, 7) is 3.52. The molecule has 3 nitrogen and oxygen atoms in total. The van der Waals surface area contributed by atoms with Gasteiger partial charge in [-0.25, -0.2) is 4.79 Å². The quantitative estimate of drug-likeness (QED) is 0.417. The molecule has 1 aliphatic rings. The molecule has 1 atom stereocenters. The molecule has 0 heterocycles. The second kappa shape index (κ2) is 5.35. The van der Waals surface area contributed by atoms with E-state index in [2.05, 4.69) is 6.58 Å². The average Bonchev–Trinajstić information content (AvgIpc) is 2.25. The van der Waals surface area contributed by atoms with Gasteiger partial charge >= 0.3 is 5.97 Å². The number of allylic oxidation sites excluding steroid dienone is 3. The smallest absolute Gasteiger partial charge is 0.318 e. The Morgan fingerprint density at radius 3 is 3.07 bits per heavy atom. The van der Waals surface area contributed by atoms with Gasteiger partial charge in [0.15, 0.2) is 0 Å². The van der Waals surface area contributed by atoms with Crippen molar-refractivity contribution in [3.05, 3.63) is 41.5 Å². The van der Waals surface area contributed by atoms with Crippen molar-refractivity contribution < 1.29 is 14.3 Å². The van der Waals surface area contributed by atoms with Crippen LogP contribution in [-0.2, 0) is 14.3 Å². The lowest BCUT2D eigenvalue weighted by molar-refractivity contribution is -0.144. The molecule has 0 bridgehead atoms. The summed E-state index contributed by atoms with van der Waals surface area (Å²) in [5, 5.41) is 0.216. The molecule has 1 unspecified atom stereocenters. The Labute approximate surface area is 92.4 Å². The van der Waals surface area contributed by atoms with Crippen LogP contribution in [0.15, 0.2) is 41.5 Å². The van der Waals surface area contributed by atoms with E-state index in [1.807, 2.05) is 0 Å². The first kappa shape index (κ1) is 11.5. The largest absolute Gasteiger partial charge is 0.461 e. The summed E-state index contributed by atoms with van der Waals surface area (Å²) in [6, 6.07) is 0. The van der Waals surface area contributed by atoms with Crippen molar-refractivity contribution in [1.29, 1.82) is 0 Å². The van der Waals surface area contributed by atoms with Gasteiger partial charge in [-0.3, -0.25) is 4.79 Å². The highest BCUT2D eigenvalue weighted by atomic mass is 35.5. The predicted octanol–water partition coefficient (Wildman–Crippen LogP) is 1.78. The van der Waals surface area contributed by atoms with Gasteiger partial charge in [0.05, 0.1) is 10.6 Å². The first-order chi connectivity index (χ1) is 7.20. The van der Waals surface area contributed by atoms with E-state index >= 15 is 0 Å². The maximum Gasteiger partial charge on any atom is 0.318 e. The van der Waals surface area contributed by atoms with E-state index in [1.165, 1.54) is 18.2 Å². The summed E-state index contributed by atoms with van der Waals surface area (Å²) in [6.07, 6.45) is 6.12. The monoisotopic (exact) mass is 224 g/mol. The molecule has 0 spiro atoms. The van der Waals surface area contributed by atoms with Crippen LogP contribution in [0.4, 0.5) is 0 Å². The number of esters is 1. The molecule has 0 fully saturated rings. The summed E-state index contributed by atoms with van der Waals surface area (Å²) in [4.78, 5) is 22.1. The molecule has 0 radical (unpaired) electrons. The summed E-state index contributed by atoms with van der Waals surface area (Å²) >= 11 is 5.74. The average molecular weight is 225 g/mol. The molecule has 1 rings (SSSR count). The van der Waals surface area contributed by atoms with Gasteiger partial charge in [-0.2, -0.15) is 0 Å². The maximum atomic E-state index is 11.5. The molecule has 0 saturated heterocycles. The van der Waals surface area contributed by atoms with Gasteiger partial charge in [-0.1, -0.05) is 36.4 Å². The fraction of sp³-hybridized carbons (Fsp3) is 0.182. The third-order valence-corrected chi connectivity index (χ3v) is 2.15. The number of hydrogen-bond donors (Lipinski definition) is 0. The number of hydrogen-bond acceptors (Lipinski definition) is 3.